The molecule has 1 aromatic carbocycles. The Bertz CT molecular complexity index is 688. The molecule has 0 aliphatic heterocycles. The van der Waals surface area contributed by atoms with Crippen LogP contribution in [-0.2, 0) is 16.8 Å². The fourth-order valence-corrected chi connectivity index (χ4v) is 3.24. The number of hydrogen-bond donors (Lipinski definition) is 1. The Balaban J connectivity index is 1.68. The van der Waals surface area contributed by atoms with E-state index in [1.165, 1.54) is 0 Å². The molecule has 2 aromatic rings. The number of benzene rings is 1. The number of nitrogens with zero attached hydrogens (tertiary/aromatic N) is 2. The molecule has 0 unspecified atom stereocenters. The van der Waals surface area contributed by atoms with E-state index in [2.05, 4.69) is 15.5 Å². The molecule has 1 aliphatic rings. The first-order valence-electron chi connectivity index (χ1n) is 8.45. The Morgan fingerprint density at radius 3 is 2.58 bits per heavy atom. The molecule has 0 atom stereocenters. The fourth-order valence-electron chi connectivity index (χ4n) is 3.24. The number of nitrogens with one attached hydrogen (secondary N) is 1. The van der Waals surface area contributed by atoms with Crippen molar-refractivity contribution in [3.63, 3.8) is 0 Å². The van der Waals surface area contributed by atoms with Gasteiger partial charge in [0.25, 0.3) is 0 Å². The van der Waals surface area contributed by atoms with Gasteiger partial charge in [0.1, 0.15) is 11.3 Å². The number of aromatic nitrogens is 2. The van der Waals surface area contributed by atoms with Gasteiger partial charge >= 0.3 is 0 Å². The van der Waals surface area contributed by atoms with Gasteiger partial charge in [-0.05, 0) is 37.5 Å². The standard InChI is InChI=1S/C18H23N3O3/c1-3-23-15-8-6-14(7-9-15)12-16(22)20-18(10-4-5-11-18)17-19-13(2)24-21-17/h6-9H,3-5,10-12H2,1-2H3,(H,20,22). The zero-order valence-corrected chi connectivity index (χ0v) is 14.2. The predicted octanol–water partition coefficient (Wildman–Crippen LogP) is 2.90. The maximum Gasteiger partial charge on any atom is 0.225 e. The van der Waals surface area contributed by atoms with E-state index in [1.54, 1.807) is 6.92 Å². The Labute approximate surface area is 141 Å². The van der Waals surface area contributed by atoms with Crippen LogP contribution < -0.4 is 10.1 Å². The molecule has 1 fully saturated rings. The topological polar surface area (TPSA) is 77.2 Å². The fraction of sp³-hybridized carbons (Fsp3) is 0.500. The van der Waals surface area contributed by atoms with Crippen LogP contribution in [0.5, 0.6) is 5.75 Å². The molecule has 24 heavy (non-hydrogen) atoms. The van der Waals surface area contributed by atoms with E-state index < -0.39 is 5.54 Å². The van der Waals surface area contributed by atoms with E-state index in [-0.39, 0.29) is 5.91 Å². The SMILES string of the molecule is CCOc1ccc(CC(=O)NC2(c3noc(C)n3)CCCC2)cc1. The third kappa shape index (κ3) is 3.58. The van der Waals surface area contributed by atoms with Crippen molar-refractivity contribution >= 4 is 5.91 Å². The maximum atomic E-state index is 12.5. The third-order valence-electron chi connectivity index (χ3n) is 4.39. The summed E-state index contributed by atoms with van der Waals surface area (Å²) in [6.45, 7) is 4.34. The number of hydrogen-bond acceptors (Lipinski definition) is 5. The van der Waals surface area contributed by atoms with Gasteiger partial charge in [-0.2, -0.15) is 4.98 Å². The largest absolute Gasteiger partial charge is 0.494 e. The Kier molecular flexibility index (Phi) is 4.83. The summed E-state index contributed by atoms with van der Waals surface area (Å²) >= 11 is 0. The minimum Gasteiger partial charge on any atom is -0.494 e. The number of carbonyl (C=O) groups is 1. The zero-order valence-electron chi connectivity index (χ0n) is 14.2. The Hall–Kier alpha value is -2.37. The first-order chi connectivity index (χ1) is 11.6. The highest BCUT2D eigenvalue weighted by Gasteiger charge is 2.41. The smallest absolute Gasteiger partial charge is 0.225 e. The van der Waals surface area contributed by atoms with Crippen molar-refractivity contribution in [3.05, 3.63) is 41.5 Å². The van der Waals surface area contributed by atoms with E-state index in [0.717, 1.165) is 37.0 Å². The summed E-state index contributed by atoms with van der Waals surface area (Å²) in [5.41, 5.74) is 0.466. The molecular formula is C18H23N3O3. The summed E-state index contributed by atoms with van der Waals surface area (Å²) in [6.07, 6.45) is 4.13. The van der Waals surface area contributed by atoms with Crippen molar-refractivity contribution in [2.24, 2.45) is 0 Å². The lowest BCUT2D eigenvalue weighted by Crippen LogP contribution is -2.45. The summed E-state index contributed by atoms with van der Waals surface area (Å²) in [5, 5.41) is 7.20. The predicted molar refractivity (Wildman–Crippen MR) is 88.6 cm³/mol. The van der Waals surface area contributed by atoms with Gasteiger partial charge in [-0.3, -0.25) is 4.79 Å². The molecule has 0 saturated heterocycles. The van der Waals surface area contributed by atoms with Gasteiger partial charge < -0.3 is 14.6 Å². The van der Waals surface area contributed by atoms with Gasteiger partial charge in [-0.1, -0.05) is 30.1 Å². The summed E-state index contributed by atoms with van der Waals surface area (Å²) in [5.74, 6) is 1.91. The van der Waals surface area contributed by atoms with Crippen molar-refractivity contribution in [1.82, 2.24) is 15.5 Å². The molecular weight excluding hydrogens is 306 g/mol. The lowest BCUT2D eigenvalue weighted by atomic mass is 9.96. The van der Waals surface area contributed by atoms with Crippen LogP contribution in [0.15, 0.2) is 28.8 Å². The van der Waals surface area contributed by atoms with Crippen molar-refractivity contribution in [3.8, 4) is 5.75 Å². The average molecular weight is 329 g/mol. The monoisotopic (exact) mass is 329 g/mol. The van der Waals surface area contributed by atoms with Gasteiger partial charge in [0.2, 0.25) is 11.8 Å². The van der Waals surface area contributed by atoms with E-state index in [0.29, 0.717) is 24.7 Å². The molecule has 0 spiro atoms. The number of amides is 1. The van der Waals surface area contributed by atoms with Crippen LogP contribution in [-0.4, -0.2) is 22.7 Å². The molecule has 3 rings (SSSR count). The molecule has 1 N–H and O–H groups in total. The minimum atomic E-state index is -0.486. The van der Waals surface area contributed by atoms with Gasteiger partial charge in [0, 0.05) is 6.92 Å². The minimum absolute atomic E-state index is 0.0245. The number of aryl methyl sites for hydroxylation is 1. The van der Waals surface area contributed by atoms with Crippen LogP contribution in [0, 0.1) is 6.92 Å². The van der Waals surface area contributed by atoms with Crippen molar-refractivity contribution < 1.29 is 14.1 Å². The molecule has 6 heteroatoms. The molecule has 0 bridgehead atoms. The van der Waals surface area contributed by atoms with Gasteiger partial charge in [-0.25, -0.2) is 0 Å². The number of rotatable bonds is 6. The lowest BCUT2D eigenvalue weighted by Gasteiger charge is -2.26. The van der Waals surface area contributed by atoms with Gasteiger partial charge in [0.05, 0.1) is 13.0 Å². The molecule has 1 amide bonds. The van der Waals surface area contributed by atoms with E-state index in [4.69, 9.17) is 9.26 Å². The molecule has 6 nitrogen and oxygen atoms in total. The van der Waals surface area contributed by atoms with Crippen LogP contribution in [0.25, 0.3) is 0 Å². The molecule has 1 saturated carbocycles. The lowest BCUT2D eigenvalue weighted by molar-refractivity contribution is -0.122. The summed E-state index contributed by atoms with van der Waals surface area (Å²) in [4.78, 5) is 16.9. The second-order valence-electron chi connectivity index (χ2n) is 6.23. The first-order valence-corrected chi connectivity index (χ1v) is 8.45. The number of ether oxygens (including phenoxy) is 1. The van der Waals surface area contributed by atoms with Gasteiger partial charge in [-0.15, -0.1) is 0 Å². The van der Waals surface area contributed by atoms with E-state index >= 15 is 0 Å². The summed E-state index contributed by atoms with van der Waals surface area (Å²) in [7, 11) is 0. The molecule has 0 radical (unpaired) electrons. The second kappa shape index (κ2) is 7.03. The van der Waals surface area contributed by atoms with Crippen molar-refractivity contribution in [2.75, 3.05) is 6.61 Å². The van der Waals surface area contributed by atoms with Crippen LogP contribution in [0.1, 0.15) is 49.9 Å². The quantitative estimate of drug-likeness (QED) is 0.882. The zero-order chi connectivity index (χ0) is 17.0. The van der Waals surface area contributed by atoms with Crippen LogP contribution in [0.4, 0.5) is 0 Å². The molecule has 1 aliphatic carbocycles. The third-order valence-corrected chi connectivity index (χ3v) is 4.39. The van der Waals surface area contributed by atoms with E-state index in [1.807, 2.05) is 31.2 Å². The van der Waals surface area contributed by atoms with Crippen LogP contribution >= 0.6 is 0 Å². The van der Waals surface area contributed by atoms with Gasteiger partial charge in [0.15, 0.2) is 5.82 Å². The van der Waals surface area contributed by atoms with Crippen molar-refractivity contribution in [2.45, 2.75) is 51.5 Å². The molecule has 128 valence electrons. The first kappa shape index (κ1) is 16.5. The van der Waals surface area contributed by atoms with E-state index in [9.17, 15) is 4.79 Å². The highest BCUT2D eigenvalue weighted by molar-refractivity contribution is 5.79. The second-order valence-corrected chi connectivity index (χ2v) is 6.23. The normalized spacial score (nSPS) is 16.1. The maximum absolute atomic E-state index is 12.5. The van der Waals surface area contributed by atoms with Crippen LogP contribution in [0.3, 0.4) is 0 Å². The average Bonchev–Trinajstić information content (AvgIpc) is 3.19. The highest BCUT2D eigenvalue weighted by Crippen LogP contribution is 2.37. The molecule has 1 heterocycles. The molecule has 1 aromatic heterocycles. The summed E-state index contributed by atoms with van der Waals surface area (Å²) < 4.78 is 10.5. The van der Waals surface area contributed by atoms with Crippen molar-refractivity contribution in [1.29, 1.82) is 0 Å². The Morgan fingerprint density at radius 2 is 2.00 bits per heavy atom. The highest BCUT2D eigenvalue weighted by atomic mass is 16.5. The van der Waals surface area contributed by atoms with Crippen LogP contribution in [0.2, 0.25) is 0 Å². The number of carbonyl (C=O) groups excluding carboxylic acids is 1. The Morgan fingerprint density at radius 1 is 1.29 bits per heavy atom. The summed E-state index contributed by atoms with van der Waals surface area (Å²) in [6, 6.07) is 7.62.